The molecular formula is C13H24O4. The zero-order valence-electron chi connectivity index (χ0n) is 11.1. The van der Waals surface area contributed by atoms with Gasteiger partial charge in [-0.3, -0.25) is 0 Å². The maximum atomic E-state index is 11.3. The Morgan fingerprint density at radius 3 is 2.76 bits per heavy atom. The zero-order valence-corrected chi connectivity index (χ0v) is 11.1. The van der Waals surface area contributed by atoms with E-state index in [0.717, 1.165) is 19.4 Å². The normalized spacial score (nSPS) is 23.9. The molecule has 0 radical (unpaired) electrons. The van der Waals surface area contributed by atoms with Gasteiger partial charge in [0.1, 0.15) is 0 Å². The number of hydrogen-bond acceptors (Lipinski definition) is 3. The highest BCUT2D eigenvalue weighted by atomic mass is 16.5. The summed E-state index contributed by atoms with van der Waals surface area (Å²) in [7, 11) is 0. The average molecular weight is 244 g/mol. The second kappa shape index (κ2) is 6.36. The molecule has 2 atom stereocenters. The molecule has 1 N–H and O–H groups in total. The van der Waals surface area contributed by atoms with Crippen LogP contribution in [0.3, 0.4) is 0 Å². The van der Waals surface area contributed by atoms with E-state index in [0.29, 0.717) is 31.5 Å². The van der Waals surface area contributed by atoms with Gasteiger partial charge in [0.05, 0.1) is 13.2 Å². The van der Waals surface area contributed by atoms with Crippen LogP contribution in [0.15, 0.2) is 0 Å². The van der Waals surface area contributed by atoms with Crippen LogP contribution < -0.4 is 0 Å². The van der Waals surface area contributed by atoms with Gasteiger partial charge in [-0.1, -0.05) is 13.8 Å². The van der Waals surface area contributed by atoms with Gasteiger partial charge >= 0.3 is 5.97 Å². The minimum absolute atomic E-state index is 0.354. The Morgan fingerprint density at radius 2 is 2.29 bits per heavy atom. The number of carboxylic acid groups (broad SMARTS) is 1. The highest BCUT2D eigenvalue weighted by Gasteiger charge is 2.35. The fraction of sp³-hybridized carbons (Fsp3) is 0.923. The fourth-order valence-electron chi connectivity index (χ4n) is 1.82. The van der Waals surface area contributed by atoms with Crippen molar-refractivity contribution >= 4 is 5.97 Å². The average Bonchev–Trinajstić information content (AvgIpc) is 2.76. The van der Waals surface area contributed by atoms with Crippen LogP contribution in [0.25, 0.3) is 0 Å². The smallest absolute Gasteiger partial charge is 0.335 e. The maximum Gasteiger partial charge on any atom is 0.335 e. The topological polar surface area (TPSA) is 55.8 Å². The summed E-state index contributed by atoms with van der Waals surface area (Å²) in [6.45, 7) is 7.80. The molecule has 1 aliphatic heterocycles. The first kappa shape index (κ1) is 14.5. The number of carbonyl (C=O) groups is 1. The SMILES string of the molecule is CC(C)CCC(C)(OCC1CCOC1)C(=O)O. The molecule has 0 aliphatic carbocycles. The summed E-state index contributed by atoms with van der Waals surface area (Å²) in [6, 6.07) is 0. The van der Waals surface area contributed by atoms with Gasteiger partial charge in [0.2, 0.25) is 0 Å². The molecule has 1 fully saturated rings. The van der Waals surface area contributed by atoms with Gasteiger partial charge in [0.15, 0.2) is 5.60 Å². The first-order valence-electron chi connectivity index (χ1n) is 6.39. The minimum atomic E-state index is -1.05. The standard InChI is InChI=1S/C13H24O4/c1-10(2)4-6-13(3,12(14)15)17-9-11-5-7-16-8-11/h10-11H,4-9H2,1-3H3,(H,14,15). The van der Waals surface area contributed by atoms with E-state index >= 15 is 0 Å². The van der Waals surface area contributed by atoms with E-state index in [2.05, 4.69) is 13.8 Å². The van der Waals surface area contributed by atoms with Crippen molar-refractivity contribution in [2.24, 2.45) is 11.8 Å². The molecule has 100 valence electrons. The van der Waals surface area contributed by atoms with Crippen LogP contribution in [0.5, 0.6) is 0 Å². The lowest BCUT2D eigenvalue weighted by Gasteiger charge is -2.27. The van der Waals surface area contributed by atoms with Crippen LogP contribution in [-0.2, 0) is 14.3 Å². The van der Waals surface area contributed by atoms with Crippen LogP contribution in [0.4, 0.5) is 0 Å². The Bertz CT molecular complexity index is 246. The number of aliphatic carboxylic acids is 1. The fourth-order valence-corrected chi connectivity index (χ4v) is 1.82. The third-order valence-electron chi connectivity index (χ3n) is 3.31. The second-order valence-electron chi connectivity index (χ2n) is 5.51. The molecule has 1 rings (SSSR count). The molecule has 0 bridgehead atoms. The van der Waals surface area contributed by atoms with Crippen LogP contribution >= 0.6 is 0 Å². The van der Waals surface area contributed by atoms with Gasteiger partial charge in [-0.15, -0.1) is 0 Å². The molecule has 0 aromatic heterocycles. The van der Waals surface area contributed by atoms with Gasteiger partial charge in [-0.25, -0.2) is 4.79 Å². The first-order chi connectivity index (χ1) is 7.94. The Morgan fingerprint density at radius 1 is 1.59 bits per heavy atom. The Balaban J connectivity index is 2.42. The number of ether oxygens (including phenoxy) is 2. The second-order valence-corrected chi connectivity index (χ2v) is 5.51. The Kier molecular flexibility index (Phi) is 5.40. The van der Waals surface area contributed by atoms with Crippen molar-refractivity contribution in [1.82, 2.24) is 0 Å². The molecule has 0 saturated carbocycles. The molecule has 17 heavy (non-hydrogen) atoms. The molecule has 0 amide bonds. The Labute approximate surface area is 103 Å². The van der Waals surface area contributed by atoms with Crippen LogP contribution in [0.1, 0.15) is 40.0 Å². The van der Waals surface area contributed by atoms with Crippen molar-refractivity contribution in [3.8, 4) is 0 Å². The van der Waals surface area contributed by atoms with Crippen LogP contribution in [0, 0.1) is 11.8 Å². The lowest BCUT2D eigenvalue weighted by atomic mass is 9.95. The molecule has 1 heterocycles. The van der Waals surface area contributed by atoms with E-state index in [4.69, 9.17) is 9.47 Å². The molecule has 0 aromatic rings. The molecule has 1 aliphatic rings. The first-order valence-corrected chi connectivity index (χ1v) is 6.39. The van der Waals surface area contributed by atoms with E-state index in [1.165, 1.54) is 0 Å². The molecular weight excluding hydrogens is 220 g/mol. The molecule has 0 spiro atoms. The van der Waals surface area contributed by atoms with Crippen LogP contribution in [-0.4, -0.2) is 36.5 Å². The van der Waals surface area contributed by atoms with Crippen molar-refractivity contribution in [3.63, 3.8) is 0 Å². The quantitative estimate of drug-likeness (QED) is 0.746. The lowest BCUT2D eigenvalue weighted by Crippen LogP contribution is -2.40. The number of hydrogen-bond donors (Lipinski definition) is 1. The van der Waals surface area contributed by atoms with Crippen molar-refractivity contribution in [2.45, 2.75) is 45.6 Å². The largest absolute Gasteiger partial charge is 0.479 e. The monoisotopic (exact) mass is 244 g/mol. The van der Waals surface area contributed by atoms with Crippen LogP contribution in [0.2, 0.25) is 0 Å². The third kappa shape index (κ3) is 4.64. The number of carboxylic acids is 1. The van der Waals surface area contributed by atoms with Gasteiger partial charge in [-0.05, 0) is 32.1 Å². The van der Waals surface area contributed by atoms with Crippen molar-refractivity contribution < 1.29 is 19.4 Å². The predicted molar refractivity (Wildman–Crippen MR) is 65.0 cm³/mol. The third-order valence-corrected chi connectivity index (χ3v) is 3.31. The summed E-state index contributed by atoms with van der Waals surface area (Å²) in [5.41, 5.74) is -1.05. The van der Waals surface area contributed by atoms with Crippen molar-refractivity contribution in [3.05, 3.63) is 0 Å². The van der Waals surface area contributed by atoms with Gasteiger partial charge < -0.3 is 14.6 Å². The molecule has 4 nitrogen and oxygen atoms in total. The van der Waals surface area contributed by atoms with E-state index in [1.807, 2.05) is 0 Å². The van der Waals surface area contributed by atoms with Crippen molar-refractivity contribution in [1.29, 1.82) is 0 Å². The predicted octanol–water partition coefficient (Wildman–Crippen LogP) is 2.32. The molecule has 1 saturated heterocycles. The zero-order chi connectivity index (χ0) is 12.9. The summed E-state index contributed by atoms with van der Waals surface area (Å²) < 4.78 is 10.9. The van der Waals surface area contributed by atoms with Gasteiger partial charge in [0.25, 0.3) is 0 Å². The highest BCUT2D eigenvalue weighted by Crippen LogP contribution is 2.23. The summed E-state index contributed by atoms with van der Waals surface area (Å²) in [6.07, 6.45) is 2.40. The summed E-state index contributed by atoms with van der Waals surface area (Å²) >= 11 is 0. The van der Waals surface area contributed by atoms with Gasteiger partial charge in [-0.2, -0.15) is 0 Å². The van der Waals surface area contributed by atoms with E-state index in [-0.39, 0.29) is 0 Å². The number of rotatable bonds is 7. The van der Waals surface area contributed by atoms with E-state index in [1.54, 1.807) is 6.92 Å². The maximum absolute atomic E-state index is 11.3. The molecule has 4 heteroatoms. The molecule has 0 aromatic carbocycles. The minimum Gasteiger partial charge on any atom is -0.479 e. The lowest BCUT2D eigenvalue weighted by molar-refractivity contribution is -0.166. The highest BCUT2D eigenvalue weighted by molar-refractivity contribution is 5.76. The summed E-state index contributed by atoms with van der Waals surface area (Å²) in [5, 5.41) is 9.26. The summed E-state index contributed by atoms with van der Waals surface area (Å²) in [4.78, 5) is 11.3. The Hall–Kier alpha value is -0.610. The van der Waals surface area contributed by atoms with E-state index in [9.17, 15) is 9.90 Å². The van der Waals surface area contributed by atoms with Crippen molar-refractivity contribution in [2.75, 3.05) is 19.8 Å². The van der Waals surface area contributed by atoms with Gasteiger partial charge in [0, 0.05) is 12.5 Å². The summed E-state index contributed by atoms with van der Waals surface area (Å²) in [5.74, 6) is -0.0168. The van der Waals surface area contributed by atoms with E-state index < -0.39 is 11.6 Å². The molecule has 2 unspecified atom stereocenters.